The second-order valence-corrected chi connectivity index (χ2v) is 4.22. The maximum atomic E-state index is 11.3. The molecule has 1 aromatic rings. The quantitative estimate of drug-likeness (QED) is 0.535. The van der Waals surface area contributed by atoms with E-state index in [1.165, 1.54) is 0 Å². The lowest BCUT2D eigenvalue weighted by Gasteiger charge is -2.02. The van der Waals surface area contributed by atoms with E-state index in [2.05, 4.69) is 6.92 Å². The van der Waals surface area contributed by atoms with E-state index >= 15 is 0 Å². The van der Waals surface area contributed by atoms with Crippen LogP contribution in [0.3, 0.4) is 0 Å². The standard InChI is InChI=1S/C11H16O2S/c1-2-3-4-7-13-11(12)9-10-6-5-8-14-10/h5-6,8H,2-4,7,9H2,1H3. The van der Waals surface area contributed by atoms with Gasteiger partial charge in [-0.3, -0.25) is 4.79 Å². The molecule has 0 spiro atoms. The maximum absolute atomic E-state index is 11.3. The van der Waals surface area contributed by atoms with E-state index in [4.69, 9.17) is 4.74 Å². The summed E-state index contributed by atoms with van der Waals surface area (Å²) in [6.45, 7) is 2.70. The first-order valence-corrected chi connectivity index (χ1v) is 5.89. The number of ether oxygens (including phenoxy) is 1. The molecule has 0 aromatic carbocycles. The van der Waals surface area contributed by atoms with Crippen molar-refractivity contribution >= 4 is 17.3 Å². The highest BCUT2D eigenvalue weighted by Crippen LogP contribution is 2.09. The summed E-state index contributed by atoms with van der Waals surface area (Å²) < 4.78 is 5.09. The van der Waals surface area contributed by atoms with Crippen LogP contribution in [0.4, 0.5) is 0 Å². The van der Waals surface area contributed by atoms with Crippen LogP contribution in [0, 0.1) is 0 Å². The van der Waals surface area contributed by atoms with E-state index in [0.717, 1.165) is 24.1 Å². The molecule has 0 bridgehead atoms. The zero-order valence-corrected chi connectivity index (χ0v) is 9.31. The normalized spacial score (nSPS) is 10.1. The van der Waals surface area contributed by atoms with Crippen molar-refractivity contribution in [3.8, 4) is 0 Å². The molecule has 0 atom stereocenters. The molecule has 0 aliphatic carbocycles. The highest BCUT2D eigenvalue weighted by molar-refractivity contribution is 7.10. The highest BCUT2D eigenvalue weighted by Gasteiger charge is 2.04. The molecule has 0 saturated carbocycles. The lowest BCUT2D eigenvalue weighted by Crippen LogP contribution is -2.08. The fourth-order valence-electron chi connectivity index (χ4n) is 1.14. The molecule has 0 N–H and O–H groups in total. The van der Waals surface area contributed by atoms with Crippen LogP contribution >= 0.6 is 11.3 Å². The Morgan fingerprint density at radius 2 is 2.36 bits per heavy atom. The summed E-state index contributed by atoms with van der Waals surface area (Å²) >= 11 is 1.59. The van der Waals surface area contributed by atoms with Crippen molar-refractivity contribution in [1.82, 2.24) is 0 Å². The van der Waals surface area contributed by atoms with Crippen molar-refractivity contribution in [2.24, 2.45) is 0 Å². The van der Waals surface area contributed by atoms with Crippen molar-refractivity contribution in [3.63, 3.8) is 0 Å². The minimum atomic E-state index is -0.108. The number of carbonyl (C=O) groups excluding carboxylic acids is 1. The van der Waals surface area contributed by atoms with Crippen LogP contribution < -0.4 is 0 Å². The fourth-order valence-corrected chi connectivity index (χ4v) is 1.83. The van der Waals surface area contributed by atoms with Crippen LogP contribution in [0.15, 0.2) is 17.5 Å². The Labute approximate surface area is 88.9 Å². The fraction of sp³-hybridized carbons (Fsp3) is 0.545. The van der Waals surface area contributed by atoms with Crippen LogP contribution in [-0.4, -0.2) is 12.6 Å². The van der Waals surface area contributed by atoms with Crippen LogP contribution in [0.25, 0.3) is 0 Å². The molecular weight excluding hydrogens is 196 g/mol. The summed E-state index contributed by atoms with van der Waals surface area (Å²) in [5.41, 5.74) is 0. The summed E-state index contributed by atoms with van der Waals surface area (Å²) in [6, 6.07) is 3.91. The van der Waals surface area contributed by atoms with E-state index in [0.29, 0.717) is 13.0 Å². The number of carbonyl (C=O) groups is 1. The lowest BCUT2D eigenvalue weighted by atomic mass is 10.3. The largest absolute Gasteiger partial charge is 0.465 e. The van der Waals surface area contributed by atoms with E-state index in [9.17, 15) is 4.79 Å². The predicted octanol–water partition coefficient (Wildman–Crippen LogP) is 3.02. The molecule has 0 aliphatic heterocycles. The number of hydrogen-bond acceptors (Lipinski definition) is 3. The molecule has 78 valence electrons. The summed E-state index contributed by atoms with van der Waals surface area (Å²) in [7, 11) is 0. The van der Waals surface area contributed by atoms with E-state index in [1.807, 2.05) is 17.5 Å². The highest BCUT2D eigenvalue weighted by atomic mass is 32.1. The third-order valence-electron chi connectivity index (χ3n) is 1.91. The smallest absolute Gasteiger partial charge is 0.311 e. The third kappa shape index (κ3) is 4.42. The van der Waals surface area contributed by atoms with Gasteiger partial charge in [0.2, 0.25) is 0 Å². The molecule has 1 aromatic heterocycles. The average molecular weight is 212 g/mol. The first-order chi connectivity index (χ1) is 6.83. The van der Waals surface area contributed by atoms with Gasteiger partial charge in [0.25, 0.3) is 0 Å². The van der Waals surface area contributed by atoms with Gasteiger partial charge in [-0.15, -0.1) is 11.3 Å². The minimum absolute atomic E-state index is 0.108. The molecule has 3 heteroatoms. The van der Waals surface area contributed by atoms with Gasteiger partial charge in [-0.1, -0.05) is 25.8 Å². The number of rotatable bonds is 6. The van der Waals surface area contributed by atoms with Gasteiger partial charge < -0.3 is 4.74 Å². The Bertz CT molecular complexity index is 254. The van der Waals surface area contributed by atoms with Crippen molar-refractivity contribution in [3.05, 3.63) is 22.4 Å². The molecule has 1 rings (SSSR count). The molecule has 1 heterocycles. The Kier molecular flexibility index (Phi) is 5.30. The van der Waals surface area contributed by atoms with Gasteiger partial charge in [0.15, 0.2) is 0 Å². The molecule has 0 unspecified atom stereocenters. The third-order valence-corrected chi connectivity index (χ3v) is 2.79. The molecule has 0 aliphatic rings. The minimum Gasteiger partial charge on any atom is -0.465 e. The Hall–Kier alpha value is -0.830. The Balaban J connectivity index is 2.11. The summed E-state index contributed by atoms with van der Waals surface area (Å²) in [6.07, 6.45) is 3.69. The van der Waals surface area contributed by atoms with Crippen LogP contribution in [0.5, 0.6) is 0 Å². The number of esters is 1. The van der Waals surface area contributed by atoms with Gasteiger partial charge in [-0.2, -0.15) is 0 Å². The van der Waals surface area contributed by atoms with Crippen molar-refractivity contribution in [2.75, 3.05) is 6.61 Å². The van der Waals surface area contributed by atoms with Gasteiger partial charge in [0.1, 0.15) is 0 Å². The first-order valence-electron chi connectivity index (χ1n) is 5.01. The van der Waals surface area contributed by atoms with Crippen molar-refractivity contribution in [1.29, 1.82) is 0 Å². The number of thiophene rings is 1. The average Bonchev–Trinajstić information content (AvgIpc) is 2.65. The van der Waals surface area contributed by atoms with Gasteiger partial charge in [-0.05, 0) is 17.9 Å². The number of hydrogen-bond donors (Lipinski definition) is 0. The van der Waals surface area contributed by atoms with Gasteiger partial charge in [0.05, 0.1) is 13.0 Å². The summed E-state index contributed by atoms with van der Waals surface area (Å²) in [4.78, 5) is 12.3. The second-order valence-electron chi connectivity index (χ2n) is 3.18. The van der Waals surface area contributed by atoms with Crippen LogP contribution in [0.2, 0.25) is 0 Å². The lowest BCUT2D eigenvalue weighted by molar-refractivity contribution is -0.142. The van der Waals surface area contributed by atoms with Crippen molar-refractivity contribution in [2.45, 2.75) is 32.6 Å². The summed E-state index contributed by atoms with van der Waals surface area (Å²) in [5.74, 6) is -0.108. The molecule has 0 amide bonds. The molecule has 2 nitrogen and oxygen atoms in total. The van der Waals surface area contributed by atoms with Crippen LogP contribution in [0.1, 0.15) is 31.1 Å². The van der Waals surface area contributed by atoms with Crippen LogP contribution in [-0.2, 0) is 16.0 Å². The predicted molar refractivity (Wildman–Crippen MR) is 58.5 cm³/mol. The van der Waals surface area contributed by atoms with Gasteiger partial charge in [0, 0.05) is 4.88 Å². The molecule has 0 radical (unpaired) electrons. The molecule has 14 heavy (non-hydrogen) atoms. The zero-order chi connectivity index (χ0) is 10.2. The molecule has 0 fully saturated rings. The monoisotopic (exact) mass is 212 g/mol. The maximum Gasteiger partial charge on any atom is 0.311 e. The second kappa shape index (κ2) is 6.60. The first kappa shape index (κ1) is 11.2. The molecule has 0 saturated heterocycles. The Morgan fingerprint density at radius 1 is 1.50 bits per heavy atom. The zero-order valence-electron chi connectivity index (χ0n) is 8.49. The van der Waals surface area contributed by atoms with Gasteiger partial charge >= 0.3 is 5.97 Å². The van der Waals surface area contributed by atoms with E-state index in [1.54, 1.807) is 11.3 Å². The number of unbranched alkanes of at least 4 members (excludes halogenated alkanes) is 2. The Morgan fingerprint density at radius 3 is 3.00 bits per heavy atom. The van der Waals surface area contributed by atoms with E-state index in [-0.39, 0.29) is 5.97 Å². The molecular formula is C11H16O2S. The SMILES string of the molecule is CCCCCOC(=O)Cc1cccs1. The topological polar surface area (TPSA) is 26.3 Å². The van der Waals surface area contributed by atoms with Gasteiger partial charge in [-0.25, -0.2) is 0 Å². The summed E-state index contributed by atoms with van der Waals surface area (Å²) in [5, 5.41) is 1.97. The van der Waals surface area contributed by atoms with Crippen molar-refractivity contribution < 1.29 is 9.53 Å². The van der Waals surface area contributed by atoms with E-state index < -0.39 is 0 Å².